The Morgan fingerprint density at radius 3 is 2.89 bits per heavy atom. The van der Waals surface area contributed by atoms with E-state index in [0.29, 0.717) is 6.61 Å². The van der Waals surface area contributed by atoms with Crippen molar-refractivity contribution in [1.82, 2.24) is 4.90 Å². The Hall–Kier alpha value is -0.200. The molecule has 0 amide bonds. The summed E-state index contributed by atoms with van der Waals surface area (Å²) in [6, 6.07) is 0. The number of aliphatic hydroxyl groups is 1. The smallest absolute Gasteiger partial charge is 0.157 e. The van der Waals surface area contributed by atoms with Crippen molar-refractivity contribution in [3.8, 4) is 0 Å². The van der Waals surface area contributed by atoms with Crippen molar-refractivity contribution >= 4 is 0 Å². The molecule has 0 bridgehead atoms. The molecule has 2 unspecified atom stereocenters. The molecule has 5 nitrogen and oxygen atoms in total. The molecule has 2 fully saturated rings. The van der Waals surface area contributed by atoms with Crippen LogP contribution in [0.4, 0.5) is 0 Å². The number of ether oxygens (including phenoxy) is 3. The second-order valence-electron chi connectivity index (χ2n) is 6.08. The third-order valence-electron chi connectivity index (χ3n) is 3.60. The molecule has 2 saturated heterocycles. The molecule has 2 aliphatic heterocycles. The van der Waals surface area contributed by atoms with E-state index < -0.39 is 0 Å². The zero-order valence-electron chi connectivity index (χ0n) is 12.1. The van der Waals surface area contributed by atoms with Crippen LogP contribution in [0.3, 0.4) is 0 Å². The van der Waals surface area contributed by atoms with Gasteiger partial charge in [-0.05, 0) is 33.1 Å². The molecule has 2 atom stereocenters. The van der Waals surface area contributed by atoms with Crippen LogP contribution in [0.5, 0.6) is 0 Å². The minimum Gasteiger partial charge on any atom is -0.394 e. The second-order valence-corrected chi connectivity index (χ2v) is 6.08. The molecule has 5 heteroatoms. The summed E-state index contributed by atoms with van der Waals surface area (Å²) in [5.41, 5.74) is -0.201. The molecule has 19 heavy (non-hydrogen) atoms. The Kier molecular flexibility index (Phi) is 5.59. The first-order valence-electron chi connectivity index (χ1n) is 7.33. The fraction of sp³-hybridized carbons (Fsp3) is 1.00. The van der Waals surface area contributed by atoms with Gasteiger partial charge in [-0.15, -0.1) is 0 Å². The van der Waals surface area contributed by atoms with Crippen molar-refractivity contribution < 1.29 is 19.3 Å². The van der Waals surface area contributed by atoms with E-state index >= 15 is 0 Å². The Bertz CT molecular complexity index is 266. The first-order valence-corrected chi connectivity index (χ1v) is 7.33. The monoisotopic (exact) mass is 273 g/mol. The van der Waals surface area contributed by atoms with Crippen LogP contribution in [-0.4, -0.2) is 67.5 Å². The maximum absolute atomic E-state index is 9.27. The van der Waals surface area contributed by atoms with E-state index in [1.165, 1.54) is 6.42 Å². The molecule has 0 aromatic rings. The van der Waals surface area contributed by atoms with Gasteiger partial charge in [0.1, 0.15) is 0 Å². The summed E-state index contributed by atoms with van der Waals surface area (Å²) >= 11 is 0. The molecule has 0 saturated carbocycles. The average molecular weight is 273 g/mol. The Morgan fingerprint density at radius 2 is 2.21 bits per heavy atom. The average Bonchev–Trinajstić information content (AvgIpc) is 2.38. The van der Waals surface area contributed by atoms with Crippen molar-refractivity contribution in [3.63, 3.8) is 0 Å². The predicted octanol–water partition coefficient (Wildman–Crippen LogP) is 1.00. The van der Waals surface area contributed by atoms with Crippen LogP contribution in [-0.2, 0) is 14.2 Å². The van der Waals surface area contributed by atoms with E-state index in [1.54, 1.807) is 0 Å². The van der Waals surface area contributed by atoms with Crippen molar-refractivity contribution in [2.45, 2.75) is 51.1 Å². The lowest BCUT2D eigenvalue weighted by Gasteiger charge is -2.42. The van der Waals surface area contributed by atoms with Crippen LogP contribution in [0.1, 0.15) is 33.1 Å². The second kappa shape index (κ2) is 6.99. The maximum Gasteiger partial charge on any atom is 0.157 e. The summed E-state index contributed by atoms with van der Waals surface area (Å²) in [5.74, 6) is 0. The van der Waals surface area contributed by atoms with Crippen molar-refractivity contribution in [1.29, 1.82) is 0 Å². The number of hydrogen-bond donors (Lipinski definition) is 1. The van der Waals surface area contributed by atoms with Crippen LogP contribution >= 0.6 is 0 Å². The molecule has 2 heterocycles. The molecule has 2 rings (SSSR count). The van der Waals surface area contributed by atoms with Gasteiger partial charge < -0.3 is 19.3 Å². The molecular formula is C14H27NO4. The number of rotatable bonds is 5. The first kappa shape index (κ1) is 15.2. The third kappa shape index (κ3) is 5.00. The summed E-state index contributed by atoms with van der Waals surface area (Å²) < 4.78 is 17.1. The summed E-state index contributed by atoms with van der Waals surface area (Å²) in [5, 5.41) is 9.27. The fourth-order valence-electron chi connectivity index (χ4n) is 2.84. The van der Waals surface area contributed by atoms with Crippen molar-refractivity contribution in [3.05, 3.63) is 0 Å². The molecule has 0 spiro atoms. The quantitative estimate of drug-likeness (QED) is 0.810. The molecule has 0 aromatic carbocycles. The van der Waals surface area contributed by atoms with E-state index in [4.69, 9.17) is 14.2 Å². The fourth-order valence-corrected chi connectivity index (χ4v) is 2.84. The van der Waals surface area contributed by atoms with Gasteiger partial charge in [-0.2, -0.15) is 0 Å². The van der Waals surface area contributed by atoms with E-state index in [-0.39, 0.29) is 24.6 Å². The van der Waals surface area contributed by atoms with Gasteiger partial charge >= 0.3 is 0 Å². The van der Waals surface area contributed by atoms with E-state index in [2.05, 4.69) is 18.7 Å². The summed E-state index contributed by atoms with van der Waals surface area (Å²) in [6.45, 7) is 8.21. The molecule has 1 N–H and O–H groups in total. The lowest BCUT2D eigenvalue weighted by atomic mass is 10.1. The zero-order chi connectivity index (χ0) is 13.7. The molecule has 0 aromatic heterocycles. The standard InChI is InChI=1S/C14H27NO4/c1-14(2)11-15(9-12(10-16)19-14)6-8-18-13-5-3-4-7-17-13/h12-13,16H,3-11H2,1-2H3. The maximum atomic E-state index is 9.27. The molecule has 0 aliphatic carbocycles. The lowest BCUT2D eigenvalue weighted by molar-refractivity contribution is -0.176. The first-order chi connectivity index (χ1) is 9.09. The number of hydrogen-bond acceptors (Lipinski definition) is 5. The molecule has 2 aliphatic rings. The SMILES string of the molecule is CC1(C)CN(CCOC2CCCCO2)CC(CO)O1. The van der Waals surface area contributed by atoms with Gasteiger partial charge in [0.05, 0.1) is 24.9 Å². The number of nitrogens with zero attached hydrogens (tertiary/aromatic N) is 1. The van der Waals surface area contributed by atoms with Gasteiger partial charge in [0.25, 0.3) is 0 Å². The van der Waals surface area contributed by atoms with Gasteiger partial charge in [-0.25, -0.2) is 0 Å². The highest BCUT2D eigenvalue weighted by molar-refractivity contribution is 4.83. The number of aliphatic hydroxyl groups excluding tert-OH is 1. The highest BCUT2D eigenvalue weighted by Gasteiger charge is 2.32. The third-order valence-corrected chi connectivity index (χ3v) is 3.60. The van der Waals surface area contributed by atoms with Crippen LogP contribution in [0.2, 0.25) is 0 Å². The van der Waals surface area contributed by atoms with Crippen molar-refractivity contribution in [2.75, 3.05) is 39.5 Å². The lowest BCUT2D eigenvalue weighted by Crippen LogP contribution is -2.54. The van der Waals surface area contributed by atoms with Gasteiger partial charge in [0.15, 0.2) is 6.29 Å². The normalized spacial score (nSPS) is 32.4. The largest absolute Gasteiger partial charge is 0.394 e. The summed E-state index contributed by atoms with van der Waals surface area (Å²) in [4.78, 5) is 2.30. The molecule has 112 valence electrons. The Balaban J connectivity index is 1.69. The Labute approximate surface area is 115 Å². The summed E-state index contributed by atoms with van der Waals surface area (Å²) in [7, 11) is 0. The van der Waals surface area contributed by atoms with Gasteiger partial charge in [0, 0.05) is 26.2 Å². The summed E-state index contributed by atoms with van der Waals surface area (Å²) in [6.07, 6.45) is 3.25. The van der Waals surface area contributed by atoms with E-state index in [1.807, 2.05) is 0 Å². The van der Waals surface area contributed by atoms with Crippen LogP contribution in [0, 0.1) is 0 Å². The predicted molar refractivity (Wildman–Crippen MR) is 72.0 cm³/mol. The van der Waals surface area contributed by atoms with Crippen molar-refractivity contribution in [2.24, 2.45) is 0 Å². The topological polar surface area (TPSA) is 51.2 Å². The van der Waals surface area contributed by atoms with Gasteiger partial charge in [0.2, 0.25) is 0 Å². The van der Waals surface area contributed by atoms with E-state index in [9.17, 15) is 5.11 Å². The Morgan fingerprint density at radius 1 is 1.37 bits per heavy atom. The van der Waals surface area contributed by atoms with Gasteiger partial charge in [-0.1, -0.05) is 0 Å². The van der Waals surface area contributed by atoms with E-state index in [0.717, 1.165) is 39.1 Å². The number of morpholine rings is 1. The minimum absolute atomic E-state index is 0.0172. The highest BCUT2D eigenvalue weighted by atomic mass is 16.7. The molecular weight excluding hydrogens is 246 g/mol. The minimum atomic E-state index is -0.201. The highest BCUT2D eigenvalue weighted by Crippen LogP contribution is 2.21. The van der Waals surface area contributed by atoms with Crippen LogP contribution in [0.25, 0.3) is 0 Å². The van der Waals surface area contributed by atoms with Crippen LogP contribution in [0.15, 0.2) is 0 Å². The van der Waals surface area contributed by atoms with Gasteiger partial charge in [-0.3, -0.25) is 4.90 Å². The zero-order valence-corrected chi connectivity index (χ0v) is 12.1. The molecule has 0 radical (unpaired) electrons. The van der Waals surface area contributed by atoms with Crippen LogP contribution < -0.4 is 0 Å².